The minimum atomic E-state index is -3.77. The Balaban J connectivity index is 2.61. The zero-order chi connectivity index (χ0) is 19.2. The molecule has 0 amide bonds. The molecule has 2 rings (SSSR count). The molecular weight excluding hydrogens is 358 g/mol. The maximum absolute atomic E-state index is 13.5. The van der Waals surface area contributed by atoms with Crippen molar-refractivity contribution in [2.75, 3.05) is 18.1 Å². The van der Waals surface area contributed by atoms with Gasteiger partial charge in [-0.15, -0.1) is 0 Å². The third kappa shape index (κ3) is 4.09. The Labute approximate surface area is 152 Å². The van der Waals surface area contributed by atoms with E-state index in [0.717, 1.165) is 22.3 Å². The largest absolute Gasteiger partial charge is 0.243 e. The summed E-state index contributed by atoms with van der Waals surface area (Å²) >= 11 is 0. The van der Waals surface area contributed by atoms with E-state index in [4.69, 9.17) is 0 Å². The zero-order valence-corrected chi connectivity index (χ0v) is 17.6. The van der Waals surface area contributed by atoms with E-state index in [-0.39, 0.29) is 17.4 Å². The van der Waals surface area contributed by atoms with Crippen LogP contribution in [0.5, 0.6) is 0 Å². The molecule has 1 fully saturated rings. The highest BCUT2D eigenvalue weighted by atomic mass is 32.2. The van der Waals surface area contributed by atoms with Crippen molar-refractivity contribution in [3.8, 4) is 0 Å². The molecule has 25 heavy (non-hydrogen) atoms. The van der Waals surface area contributed by atoms with Crippen LogP contribution in [-0.2, 0) is 19.9 Å². The van der Waals surface area contributed by atoms with Gasteiger partial charge in [0, 0.05) is 12.6 Å². The van der Waals surface area contributed by atoms with Crippen LogP contribution in [0.1, 0.15) is 42.5 Å². The molecule has 1 aliphatic rings. The van der Waals surface area contributed by atoms with Crippen LogP contribution in [0.3, 0.4) is 0 Å². The number of sulfone groups is 1. The normalized spacial score (nSPS) is 20.6. The molecule has 1 heterocycles. The first-order valence-corrected chi connectivity index (χ1v) is 11.9. The summed E-state index contributed by atoms with van der Waals surface area (Å²) in [6.07, 6.45) is 0.372. The van der Waals surface area contributed by atoms with E-state index in [9.17, 15) is 16.8 Å². The Morgan fingerprint density at radius 2 is 1.64 bits per heavy atom. The molecule has 0 spiro atoms. The first kappa shape index (κ1) is 20.4. The van der Waals surface area contributed by atoms with Gasteiger partial charge in [0.25, 0.3) is 0 Å². The van der Waals surface area contributed by atoms with Crippen molar-refractivity contribution in [2.45, 2.75) is 58.9 Å². The molecule has 7 heteroatoms. The van der Waals surface area contributed by atoms with Gasteiger partial charge < -0.3 is 0 Å². The van der Waals surface area contributed by atoms with E-state index in [1.54, 1.807) is 0 Å². The minimum absolute atomic E-state index is 0.0621. The Kier molecular flexibility index (Phi) is 5.71. The van der Waals surface area contributed by atoms with Crippen molar-refractivity contribution in [3.05, 3.63) is 28.3 Å². The smallest absolute Gasteiger partial charge is 0.229 e. The van der Waals surface area contributed by atoms with Gasteiger partial charge in [0.2, 0.25) is 10.0 Å². The summed E-state index contributed by atoms with van der Waals surface area (Å²) in [5.74, 6) is 0.0960. The predicted octanol–water partition coefficient (Wildman–Crippen LogP) is 2.75. The van der Waals surface area contributed by atoms with Gasteiger partial charge in [-0.2, -0.15) is 4.31 Å². The van der Waals surface area contributed by atoms with Crippen LogP contribution < -0.4 is 0 Å². The fraction of sp³-hybridized carbons (Fsp3) is 0.667. The summed E-state index contributed by atoms with van der Waals surface area (Å²) in [5, 5.41) is 0. The van der Waals surface area contributed by atoms with Crippen LogP contribution in [-0.4, -0.2) is 45.2 Å². The van der Waals surface area contributed by atoms with E-state index >= 15 is 0 Å². The summed E-state index contributed by atoms with van der Waals surface area (Å²) in [4.78, 5) is 0.343. The van der Waals surface area contributed by atoms with E-state index in [2.05, 4.69) is 0 Å². The van der Waals surface area contributed by atoms with Gasteiger partial charge in [0.15, 0.2) is 9.84 Å². The monoisotopic (exact) mass is 387 g/mol. The molecule has 0 bridgehead atoms. The van der Waals surface area contributed by atoms with Crippen molar-refractivity contribution in [1.82, 2.24) is 4.31 Å². The fourth-order valence-electron chi connectivity index (χ4n) is 3.49. The fourth-order valence-corrected chi connectivity index (χ4v) is 7.71. The van der Waals surface area contributed by atoms with Crippen LogP contribution in [0, 0.1) is 33.6 Å². The van der Waals surface area contributed by atoms with Crippen LogP contribution in [0.15, 0.2) is 11.0 Å². The highest BCUT2D eigenvalue weighted by Crippen LogP contribution is 2.32. The molecule has 0 aliphatic carbocycles. The number of rotatable bonds is 5. The lowest BCUT2D eigenvalue weighted by Crippen LogP contribution is -2.43. The van der Waals surface area contributed by atoms with Gasteiger partial charge in [-0.1, -0.05) is 19.9 Å². The Hall–Kier alpha value is -0.920. The first-order valence-electron chi connectivity index (χ1n) is 8.66. The van der Waals surface area contributed by atoms with Crippen LogP contribution in [0.25, 0.3) is 0 Å². The van der Waals surface area contributed by atoms with Gasteiger partial charge in [-0.05, 0) is 62.3 Å². The number of benzene rings is 1. The highest BCUT2D eigenvalue weighted by Gasteiger charge is 2.40. The molecule has 142 valence electrons. The van der Waals surface area contributed by atoms with Crippen LogP contribution in [0.4, 0.5) is 0 Å². The zero-order valence-electron chi connectivity index (χ0n) is 16.0. The number of hydrogen-bond donors (Lipinski definition) is 0. The molecular formula is C18H29NO4S2. The average molecular weight is 388 g/mol. The molecule has 1 saturated heterocycles. The third-order valence-electron chi connectivity index (χ3n) is 5.02. The maximum Gasteiger partial charge on any atom is 0.243 e. The van der Waals surface area contributed by atoms with E-state index in [1.165, 1.54) is 4.31 Å². The minimum Gasteiger partial charge on any atom is -0.229 e. The predicted molar refractivity (Wildman–Crippen MR) is 101 cm³/mol. The van der Waals surface area contributed by atoms with Crippen molar-refractivity contribution in [3.63, 3.8) is 0 Å². The summed E-state index contributed by atoms with van der Waals surface area (Å²) in [6.45, 7) is 11.7. The summed E-state index contributed by atoms with van der Waals surface area (Å²) in [5.41, 5.74) is 3.37. The molecule has 1 aromatic carbocycles. The first-order chi connectivity index (χ1) is 11.4. The van der Waals surface area contributed by atoms with Gasteiger partial charge in [-0.25, -0.2) is 16.8 Å². The number of hydrogen-bond acceptors (Lipinski definition) is 4. The van der Waals surface area contributed by atoms with Gasteiger partial charge in [0.1, 0.15) is 0 Å². The second kappa shape index (κ2) is 7.00. The highest BCUT2D eigenvalue weighted by molar-refractivity contribution is 7.92. The third-order valence-corrected chi connectivity index (χ3v) is 8.97. The maximum atomic E-state index is 13.5. The summed E-state index contributed by atoms with van der Waals surface area (Å²) in [6, 6.07) is 1.52. The molecule has 1 atom stereocenters. The lowest BCUT2D eigenvalue weighted by atomic mass is 10.0. The molecule has 1 aliphatic heterocycles. The van der Waals surface area contributed by atoms with E-state index < -0.39 is 25.9 Å². The number of sulfonamides is 1. The Morgan fingerprint density at radius 1 is 1.12 bits per heavy atom. The molecule has 1 aromatic rings. The SMILES string of the molecule is Cc1cc(C)c(C)c(S(=O)(=O)N(CC(C)C)[C@@H]2CCS(=O)(=O)C2)c1C. The molecule has 0 N–H and O–H groups in total. The van der Waals surface area contributed by atoms with Crippen molar-refractivity contribution in [2.24, 2.45) is 5.92 Å². The molecule has 0 radical (unpaired) electrons. The second-order valence-electron chi connectivity index (χ2n) is 7.61. The van der Waals surface area contributed by atoms with Gasteiger partial charge in [-0.3, -0.25) is 0 Å². The van der Waals surface area contributed by atoms with Crippen molar-refractivity contribution >= 4 is 19.9 Å². The van der Waals surface area contributed by atoms with Gasteiger partial charge >= 0.3 is 0 Å². The topological polar surface area (TPSA) is 71.5 Å². The quantitative estimate of drug-likeness (QED) is 0.779. The molecule has 5 nitrogen and oxygen atoms in total. The number of nitrogens with zero attached hydrogens (tertiary/aromatic N) is 1. The van der Waals surface area contributed by atoms with E-state index in [0.29, 0.717) is 17.9 Å². The van der Waals surface area contributed by atoms with E-state index in [1.807, 2.05) is 47.6 Å². The van der Waals surface area contributed by atoms with Crippen molar-refractivity contribution in [1.29, 1.82) is 0 Å². The lowest BCUT2D eigenvalue weighted by Gasteiger charge is -2.30. The number of aryl methyl sites for hydroxylation is 2. The molecule has 0 unspecified atom stereocenters. The molecule has 0 saturated carbocycles. The second-order valence-corrected chi connectivity index (χ2v) is 11.7. The summed E-state index contributed by atoms with van der Waals surface area (Å²) < 4.78 is 52.4. The average Bonchev–Trinajstić information content (AvgIpc) is 2.82. The van der Waals surface area contributed by atoms with Crippen LogP contribution >= 0.6 is 0 Å². The van der Waals surface area contributed by atoms with Gasteiger partial charge in [0.05, 0.1) is 16.4 Å². The summed E-state index contributed by atoms with van der Waals surface area (Å²) in [7, 11) is -6.93. The Bertz CT molecular complexity index is 845. The lowest BCUT2D eigenvalue weighted by molar-refractivity contribution is 0.307. The molecule has 0 aromatic heterocycles. The standard InChI is InChI=1S/C18H29NO4S2/c1-12(2)10-19(17-7-8-24(20,21)11-17)25(22,23)18-15(5)13(3)9-14(4)16(18)6/h9,12,17H,7-8,10-11H2,1-6H3/t17-/m1/s1. The van der Waals surface area contributed by atoms with Crippen molar-refractivity contribution < 1.29 is 16.8 Å². The Morgan fingerprint density at radius 3 is 2.04 bits per heavy atom. The van der Waals surface area contributed by atoms with Crippen LogP contribution in [0.2, 0.25) is 0 Å².